The number of fused-ring (bicyclic) bond motifs is 5. The highest BCUT2D eigenvalue weighted by Crippen LogP contribution is 2.39. The molecular formula is C34H23NO. The van der Waals surface area contributed by atoms with Gasteiger partial charge in [0.2, 0.25) is 0 Å². The van der Waals surface area contributed by atoms with Crippen LogP contribution in [0.5, 0.6) is 0 Å². The van der Waals surface area contributed by atoms with Crippen molar-refractivity contribution in [1.29, 1.82) is 0 Å². The highest BCUT2D eigenvalue weighted by molar-refractivity contribution is 6.20. The average Bonchev–Trinajstić information content (AvgIpc) is 3.34. The summed E-state index contributed by atoms with van der Waals surface area (Å²) in [5.41, 5.74) is 8.64. The molecule has 36 heavy (non-hydrogen) atoms. The first-order valence-corrected chi connectivity index (χ1v) is 12.2. The number of rotatable bonds is 4. The number of hydrogen-bond donors (Lipinski definition) is 1. The third-order valence-electron chi connectivity index (χ3n) is 6.87. The number of benzene rings is 6. The topological polar surface area (TPSA) is 25.2 Å². The molecule has 0 saturated carbocycles. The third-order valence-corrected chi connectivity index (χ3v) is 6.87. The van der Waals surface area contributed by atoms with Crippen LogP contribution in [0.3, 0.4) is 0 Å². The van der Waals surface area contributed by atoms with Crippen molar-refractivity contribution in [3.8, 4) is 22.3 Å². The summed E-state index contributed by atoms with van der Waals surface area (Å²) < 4.78 is 6.36. The van der Waals surface area contributed by atoms with Gasteiger partial charge in [0.25, 0.3) is 0 Å². The van der Waals surface area contributed by atoms with Gasteiger partial charge in [-0.2, -0.15) is 0 Å². The van der Waals surface area contributed by atoms with E-state index in [4.69, 9.17) is 4.42 Å². The largest absolute Gasteiger partial charge is 0.454 e. The Kier molecular flexibility index (Phi) is 4.82. The molecule has 1 aromatic heterocycles. The van der Waals surface area contributed by atoms with Crippen LogP contribution in [-0.4, -0.2) is 0 Å². The summed E-state index contributed by atoms with van der Waals surface area (Å²) in [4.78, 5) is 0. The molecule has 0 fully saturated rings. The quantitative estimate of drug-likeness (QED) is 0.282. The number of anilines is 2. The molecule has 6 aromatic carbocycles. The lowest BCUT2D eigenvalue weighted by Crippen LogP contribution is -1.91. The summed E-state index contributed by atoms with van der Waals surface area (Å²) in [6.45, 7) is 0. The van der Waals surface area contributed by atoms with Crippen LogP contribution in [0.15, 0.2) is 138 Å². The van der Waals surface area contributed by atoms with Gasteiger partial charge in [-0.15, -0.1) is 0 Å². The van der Waals surface area contributed by atoms with Gasteiger partial charge in [-0.3, -0.25) is 0 Å². The molecule has 0 spiro atoms. The van der Waals surface area contributed by atoms with Gasteiger partial charge < -0.3 is 9.73 Å². The summed E-state index contributed by atoms with van der Waals surface area (Å²) in [5, 5.41) is 8.31. The van der Waals surface area contributed by atoms with E-state index in [1.165, 1.54) is 38.4 Å². The summed E-state index contributed by atoms with van der Waals surface area (Å²) in [5.74, 6) is 0. The summed E-state index contributed by atoms with van der Waals surface area (Å²) in [6, 6.07) is 46.7. The molecule has 0 amide bonds. The van der Waals surface area contributed by atoms with Crippen molar-refractivity contribution in [3.63, 3.8) is 0 Å². The van der Waals surface area contributed by atoms with Gasteiger partial charge in [0.05, 0.1) is 5.69 Å². The zero-order chi connectivity index (χ0) is 23.9. The molecular weight excluding hydrogens is 438 g/mol. The van der Waals surface area contributed by atoms with Crippen LogP contribution in [0.25, 0.3) is 55.0 Å². The predicted molar refractivity (Wildman–Crippen MR) is 152 cm³/mol. The zero-order valence-corrected chi connectivity index (χ0v) is 19.6. The molecule has 170 valence electrons. The van der Waals surface area contributed by atoms with Crippen LogP contribution in [0, 0.1) is 0 Å². The Morgan fingerprint density at radius 1 is 0.472 bits per heavy atom. The Labute approximate surface area is 209 Å². The fraction of sp³-hybridized carbons (Fsp3) is 0. The first kappa shape index (κ1) is 20.5. The molecule has 7 aromatic rings. The monoisotopic (exact) mass is 461 g/mol. The van der Waals surface area contributed by atoms with Crippen molar-refractivity contribution in [1.82, 2.24) is 0 Å². The second-order valence-corrected chi connectivity index (χ2v) is 9.06. The Morgan fingerprint density at radius 3 is 1.94 bits per heavy atom. The molecule has 0 bridgehead atoms. The van der Waals surface area contributed by atoms with E-state index in [-0.39, 0.29) is 0 Å². The third kappa shape index (κ3) is 3.43. The molecule has 1 heterocycles. The molecule has 0 aliphatic carbocycles. The maximum absolute atomic E-state index is 6.36. The van der Waals surface area contributed by atoms with E-state index in [9.17, 15) is 0 Å². The lowest BCUT2D eigenvalue weighted by molar-refractivity contribution is 0.670. The molecule has 0 aliphatic heterocycles. The van der Waals surface area contributed by atoms with Gasteiger partial charge in [0, 0.05) is 16.5 Å². The van der Waals surface area contributed by atoms with Gasteiger partial charge in [-0.25, -0.2) is 0 Å². The highest BCUT2D eigenvalue weighted by Gasteiger charge is 2.14. The van der Waals surface area contributed by atoms with Crippen molar-refractivity contribution in [3.05, 3.63) is 133 Å². The molecule has 0 aliphatic rings. The lowest BCUT2D eigenvalue weighted by atomic mass is 9.94. The van der Waals surface area contributed by atoms with Crippen molar-refractivity contribution in [2.24, 2.45) is 0 Å². The summed E-state index contributed by atoms with van der Waals surface area (Å²) in [6.07, 6.45) is 0. The molecule has 2 nitrogen and oxygen atoms in total. The van der Waals surface area contributed by atoms with E-state index in [0.29, 0.717) is 0 Å². The number of hydrogen-bond acceptors (Lipinski definition) is 2. The highest BCUT2D eigenvalue weighted by atomic mass is 16.3. The first-order valence-electron chi connectivity index (χ1n) is 12.2. The van der Waals surface area contributed by atoms with Crippen LogP contribution in [0.4, 0.5) is 11.4 Å². The Hall–Kier alpha value is -4.82. The minimum atomic E-state index is 0.877. The summed E-state index contributed by atoms with van der Waals surface area (Å²) >= 11 is 0. The molecule has 0 atom stereocenters. The van der Waals surface area contributed by atoms with E-state index in [1.807, 2.05) is 0 Å². The lowest BCUT2D eigenvalue weighted by Gasteiger charge is -2.12. The number of nitrogens with one attached hydrogen (secondary N) is 1. The fourth-order valence-electron chi connectivity index (χ4n) is 5.16. The van der Waals surface area contributed by atoms with Crippen LogP contribution in [-0.2, 0) is 0 Å². The van der Waals surface area contributed by atoms with Gasteiger partial charge >= 0.3 is 0 Å². The smallest absolute Gasteiger partial charge is 0.158 e. The maximum atomic E-state index is 6.36. The maximum Gasteiger partial charge on any atom is 0.158 e. The molecule has 2 heteroatoms. The minimum absolute atomic E-state index is 0.877. The molecule has 0 radical (unpaired) electrons. The standard InChI is InChI=1S/C34H23NO/c1-2-9-23(10-3-1)27-12-6-7-13-28(27)25-17-20-26(21-18-25)35-31-16-8-15-30-33-29-14-5-4-11-24(29)19-22-32(33)36-34(30)31/h1-22,35H. The molecule has 1 N–H and O–H groups in total. The van der Waals surface area contributed by atoms with Gasteiger partial charge in [-0.1, -0.05) is 109 Å². The molecule has 7 rings (SSSR count). The van der Waals surface area contributed by atoms with E-state index in [2.05, 4.69) is 139 Å². The second kappa shape index (κ2) is 8.44. The van der Waals surface area contributed by atoms with Gasteiger partial charge in [0.15, 0.2) is 5.58 Å². The van der Waals surface area contributed by atoms with Gasteiger partial charge in [0.1, 0.15) is 5.58 Å². The second-order valence-electron chi connectivity index (χ2n) is 9.06. The van der Waals surface area contributed by atoms with Crippen molar-refractivity contribution in [2.45, 2.75) is 0 Å². The zero-order valence-electron chi connectivity index (χ0n) is 19.6. The van der Waals surface area contributed by atoms with Crippen LogP contribution in [0.1, 0.15) is 0 Å². The van der Waals surface area contributed by atoms with Gasteiger partial charge in [-0.05, 0) is 57.3 Å². The predicted octanol–water partition coefficient (Wildman–Crippen LogP) is 9.82. The number of furan rings is 1. The van der Waals surface area contributed by atoms with Crippen molar-refractivity contribution >= 4 is 44.1 Å². The average molecular weight is 462 g/mol. The van der Waals surface area contributed by atoms with E-state index >= 15 is 0 Å². The van der Waals surface area contributed by atoms with Crippen LogP contribution in [0.2, 0.25) is 0 Å². The Balaban J connectivity index is 1.26. The van der Waals surface area contributed by atoms with E-state index in [1.54, 1.807) is 0 Å². The van der Waals surface area contributed by atoms with E-state index < -0.39 is 0 Å². The SMILES string of the molecule is c1ccc(-c2ccccc2-c2ccc(Nc3cccc4c3oc3ccc5ccccc5c34)cc2)cc1. The van der Waals surface area contributed by atoms with Crippen molar-refractivity contribution < 1.29 is 4.42 Å². The van der Waals surface area contributed by atoms with Crippen LogP contribution >= 0.6 is 0 Å². The summed E-state index contributed by atoms with van der Waals surface area (Å²) in [7, 11) is 0. The number of para-hydroxylation sites is 1. The van der Waals surface area contributed by atoms with Crippen LogP contribution < -0.4 is 5.32 Å². The Morgan fingerprint density at radius 2 is 1.14 bits per heavy atom. The normalized spacial score (nSPS) is 11.3. The van der Waals surface area contributed by atoms with E-state index in [0.717, 1.165) is 27.9 Å². The van der Waals surface area contributed by atoms with Crippen molar-refractivity contribution in [2.75, 3.05) is 5.32 Å². The first-order chi connectivity index (χ1) is 17.8. The Bertz CT molecular complexity index is 1850. The molecule has 0 saturated heterocycles. The minimum Gasteiger partial charge on any atom is -0.454 e. The molecule has 0 unspecified atom stereocenters. The fourth-order valence-corrected chi connectivity index (χ4v) is 5.16.